The van der Waals surface area contributed by atoms with Gasteiger partial charge in [0.25, 0.3) is 0 Å². The van der Waals surface area contributed by atoms with Crippen LogP contribution in [0.5, 0.6) is 0 Å². The number of carbonyl (C=O) groups is 13. The Hall–Kier alpha value is -8.44. The summed E-state index contributed by atoms with van der Waals surface area (Å²) in [5, 5.41) is 37.7. The third-order valence-electron chi connectivity index (χ3n) is 16.5. The van der Waals surface area contributed by atoms with Crippen molar-refractivity contribution in [2.45, 2.75) is 192 Å². The summed E-state index contributed by atoms with van der Waals surface area (Å²) in [7, 11) is 0. The summed E-state index contributed by atoms with van der Waals surface area (Å²) in [6, 6.07) is -2.36. The highest BCUT2D eigenvalue weighted by Gasteiger charge is 2.43. The lowest BCUT2D eigenvalue weighted by atomic mass is 9.99. The number of rotatable bonds is 32. The number of aliphatic carboxylic acids is 2. The Bertz CT molecular complexity index is 2780. The van der Waals surface area contributed by atoms with Crippen LogP contribution in [0.15, 0.2) is 35.3 Å². The molecule has 4 fully saturated rings. The number of carboxylic acid groups (broad SMARTS) is 2. The fraction of sp³-hybridized carbons (Fsp3) is 0.667. The molecule has 498 valence electrons. The van der Waals surface area contributed by atoms with Crippen LogP contribution in [0.2, 0.25) is 0 Å². The molecule has 30 nitrogen and oxygen atoms in total. The number of amides is 11. The number of guanidine groups is 1. The largest absolute Gasteiger partial charge is 0.481 e. The predicted octanol–water partition coefficient (Wildman–Crippen LogP) is -2.46. The normalized spacial score (nSPS) is 20.1. The Morgan fingerprint density at radius 2 is 0.989 bits per heavy atom. The van der Waals surface area contributed by atoms with Crippen molar-refractivity contribution in [1.82, 2.24) is 56.8 Å². The molecular formula is C60H93N15O15. The number of nitrogens with one attached hydrogen (secondary N) is 7. The molecule has 0 unspecified atom stereocenters. The smallest absolute Gasteiger partial charge is 0.326 e. The van der Waals surface area contributed by atoms with Crippen LogP contribution in [0.1, 0.15) is 131 Å². The van der Waals surface area contributed by atoms with Crippen molar-refractivity contribution in [3.63, 3.8) is 0 Å². The first-order valence-electron chi connectivity index (χ1n) is 31.2. The first kappa shape index (κ1) is 72.3. The molecule has 1 aromatic carbocycles. The summed E-state index contributed by atoms with van der Waals surface area (Å²) >= 11 is 0. The first-order chi connectivity index (χ1) is 42.6. The second kappa shape index (κ2) is 34.5. The number of carbonyl (C=O) groups excluding carboxylic acids is 11. The van der Waals surface area contributed by atoms with Crippen molar-refractivity contribution in [2.75, 3.05) is 45.8 Å². The Morgan fingerprint density at radius 1 is 0.544 bits per heavy atom. The zero-order valence-electron chi connectivity index (χ0n) is 52.4. The van der Waals surface area contributed by atoms with Crippen LogP contribution in [-0.4, -0.2) is 219 Å². The van der Waals surface area contributed by atoms with E-state index in [2.05, 4.69) is 42.2 Å². The molecule has 90 heavy (non-hydrogen) atoms. The lowest BCUT2D eigenvalue weighted by Crippen LogP contribution is -2.59. The van der Waals surface area contributed by atoms with Crippen molar-refractivity contribution < 1.29 is 72.5 Å². The van der Waals surface area contributed by atoms with Gasteiger partial charge in [-0.05, 0) is 100 Å². The van der Waals surface area contributed by atoms with Gasteiger partial charge < -0.3 is 84.2 Å². The van der Waals surface area contributed by atoms with Gasteiger partial charge in [-0.25, -0.2) is 4.79 Å². The number of aliphatic imine (C=N–C) groups is 1. The molecule has 4 aliphatic heterocycles. The van der Waals surface area contributed by atoms with Crippen LogP contribution >= 0.6 is 0 Å². The fourth-order valence-electron chi connectivity index (χ4n) is 11.7. The molecular weight excluding hydrogens is 1170 g/mol. The molecule has 0 radical (unpaired) electrons. The van der Waals surface area contributed by atoms with E-state index in [1.54, 1.807) is 58.0 Å². The maximum absolute atomic E-state index is 14.2. The van der Waals surface area contributed by atoms with Crippen LogP contribution in [0.25, 0.3) is 0 Å². The number of nitrogens with two attached hydrogens (primary N) is 3. The Balaban J connectivity index is 1.19. The van der Waals surface area contributed by atoms with Gasteiger partial charge in [0.2, 0.25) is 65.0 Å². The van der Waals surface area contributed by atoms with E-state index in [-0.39, 0.29) is 109 Å². The number of hydrogen-bond acceptors (Lipinski definition) is 15. The van der Waals surface area contributed by atoms with Crippen LogP contribution in [-0.2, 0) is 68.7 Å². The summed E-state index contributed by atoms with van der Waals surface area (Å²) in [6.45, 7) is 9.94. The Kier molecular flexibility index (Phi) is 27.7. The number of likely N-dealkylation sites (tertiary alicyclic amines) is 4. The van der Waals surface area contributed by atoms with Crippen LogP contribution in [0.4, 0.5) is 0 Å². The zero-order chi connectivity index (χ0) is 66.5. The zero-order valence-corrected chi connectivity index (χ0v) is 52.4. The van der Waals surface area contributed by atoms with Crippen molar-refractivity contribution in [2.24, 2.45) is 39.9 Å². The average Bonchev–Trinajstić information content (AvgIpc) is 2.00. The summed E-state index contributed by atoms with van der Waals surface area (Å²) in [5.74, 6) is -11.0. The molecule has 0 aliphatic carbocycles. The van der Waals surface area contributed by atoms with Gasteiger partial charge in [0, 0.05) is 45.6 Å². The topological polar surface area (TPSA) is 450 Å². The second-order valence-corrected chi connectivity index (χ2v) is 24.6. The highest BCUT2D eigenvalue weighted by Crippen LogP contribution is 2.24. The molecule has 0 saturated carbocycles. The summed E-state index contributed by atoms with van der Waals surface area (Å²) in [4.78, 5) is 185. The van der Waals surface area contributed by atoms with E-state index in [4.69, 9.17) is 22.3 Å². The molecule has 15 N–H and O–H groups in total. The monoisotopic (exact) mass is 1260 g/mol. The minimum Gasteiger partial charge on any atom is -0.481 e. The molecule has 5 rings (SSSR count). The highest BCUT2D eigenvalue weighted by atomic mass is 16.4. The van der Waals surface area contributed by atoms with E-state index in [0.29, 0.717) is 31.2 Å². The van der Waals surface area contributed by atoms with Crippen LogP contribution in [0.3, 0.4) is 0 Å². The third-order valence-corrected chi connectivity index (χ3v) is 16.5. The number of benzene rings is 1. The van der Waals surface area contributed by atoms with E-state index in [9.17, 15) is 67.4 Å². The van der Waals surface area contributed by atoms with E-state index in [1.807, 2.05) is 13.8 Å². The third kappa shape index (κ3) is 20.8. The molecule has 0 spiro atoms. The van der Waals surface area contributed by atoms with Gasteiger partial charge in [0.15, 0.2) is 5.96 Å². The number of hydrogen-bond donors (Lipinski definition) is 12. The molecule has 4 saturated heterocycles. The summed E-state index contributed by atoms with van der Waals surface area (Å²) in [5.41, 5.74) is 17.8. The number of carboxylic acids is 2. The second-order valence-electron chi connectivity index (χ2n) is 24.6. The van der Waals surface area contributed by atoms with Crippen molar-refractivity contribution in [1.29, 1.82) is 0 Å². The Labute approximate surface area is 524 Å². The van der Waals surface area contributed by atoms with Gasteiger partial charge in [-0.1, -0.05) is 71.9 Å². The quantitative estimate of drug-likeness (QED) is 0.0202. The molecule has 30 heteroatoms. The van der Waals surface area contributed by atoms with Gasteiger partial charge in [0.05, 0.1) is 19.1 Å². The number of nitrogens with zero attached hydrogens (tertiary/aromatic N) is 5. The summed E-state index contributed by atoms with van der Waals surface area (Å²) < 4.78 is 0. The average molecular weight is 1260 g/mol. The van der Waals surface area contributed by atoms with Crippen LogP contribution < -0.4 is 54.4 Å². The van der Waals surface area contributed by atoms with Gasteiger partial charge in [-0.2, -0.15) is 0 Å². The lowest BCUT2D eigenvalue weighted by molar-refractivity contribution is -0.149. The molecule has 0 bridgehead atoms. The standard InChI is InChI=1S/C60H93N15O15/c1-33(2)29-39(68-56(86)49(35(5)6)71-54(84)43-20-13-27-74(43)57(87)37(61)22-23-47(78)79)51(81)66-32-46(77)73-26-12-19-42(73)53(83)70-48(34(3)4)55(85)67-38(17-10-24-64-60(62)63)50(80)65-31-45(76)72-25-11-18-41(72)52(82)69-40(30-36-15-8-7-9-16-36)58(88)75-28-14-21-44(75)59(89)90/h7-9,15-16,33-35,37-44,48-49H,10-14,17-32,61H2,1-6H3,(H,65,80)(H,66,81)(H,67,85)(H,68,86)(H,69,82)(H,70,83)(H,71,84)(H,78,79)(H,89,90)(H4,62,63,64)/t37-,38-,39-,40-,41-,42-,43-,44-,48-,49-/m0/s1. The van der Waals surface area contributed by atoms with Gasteiger partial charge >= 0.3 is 11.9 Å². The predicted molar refractivity (Wildman–Crippen MR) is 326 cm³/mol. The van der Waals surface area contributed by atoms with Crippen molar-refractivity contribution in [3.05, 3.63) is 35.9 Å². The van der Waals surface area contributed by atoms with E-state index >= 15 is 0 Å². The van der Waals surface area contributed by atoms with Gasteiger partial charge in [0.1, 0.15) is 54.4 Å². The molecule has 4 aliphatic rings. The van der Waals surface area contributed by atoms with Gasteiger partial charge in [-0.15, -0.1) is 0 Å². The maximum atomic E-state index is 14.2. The maximum Gasteiger partial charge on any atom is 0.326 e. The minimum absolute atomic E-state index is 0.0296. The van der Waals surface area contributed by atoms with E-state index in [0.717, 1.165) is 0 Å². The van der Waals surface area contributed by atoms with Crippen molar-refractivity contribution >= 4 is 82.9 Å². The molecule has 10 atom stereocenters. The highest BCUT2D eigenvalue weighted by molar-refractivity contribution is 5.99. The van der Waals surface area contributed by atoms with E-state index in [1.165, 1.54) is 19.6 Å². The first-order valence-corrected chi connectivity index (χ1v) is 31.2. The molecule has 11 amide bonds. The van der Waals surface area contributed by atoms with Crippen molar-refractivity contribution in [3.8, 4) is 0 Å². The summed E-state index contributed by atoms with van der Waals surface area (Å²) in [6.07, 6.45) is 2.67. The van der Waals surface area contributed by atoms with E-state index < -0.39 is 162 Å². The molecule has 1 aromatic rings. The fourth-order valence-corrected chi connectivity index (χ4v) is 11.7. The SMILES string of the molecule is CC(C)C[C@H](NC(=O)[C@@H](NC(=O)[C@@H]1CCCN1C(=O)[C@@H](N)CCC(=O)O)C(C)C)C(=O)NCC(=O)N1CCC[C@H]1C(=O)N[C@H](C(=O)N[C@@H](CCCN=C(N)N)C(=O)NCC(=O)N1CCC[C@H]1C(=O)N[C@@H](Cc1ccccc1)C(=O)N1CCC[C@H]1C(=O)O)C(C)C. The lowest BCUT2D eigenvalue weighted by Gasteiger charge is -2.30. The van der Waals surface area contributed by atoms with Crippen LogP contribution in [0, 0.1) is 17.8 Å². The minimum atomic E-state index is -1.29. The Morgan fingerprint density at radius 3 is 1.46 bits per heavy atom. The van der Waals surface area contributed by atoms with Gasteiger partial charge in [-0.3, -0.25) is 62.5 Å². The molecule has 4 heterocycles. The molecule has 0 aromatic heterocycles.